The molecule has 0 radical (unpaired) electrons. The van der Waals surface area contributed by atoms with E-state index in [4.69, 9.17) is 33.0 Å². The number of benzene rings is 3. The van der Waals surface area contributed by atoms with Crippen LogP contribution >= 0.6 is 11.6 Å². The first-order valence-electron chi connectivity index (χ1n) is 12.5. The molecular formula is C29H25ClF4N6O2. The Kier molecular flexibility index (Phi) is 8.67. The topological polar surface area (TPSA) is 133 Å². The molecule has 2 aromatic heterocycles. The predicted octanol–water partition coefficient (Wildman–Crippen LogP) is 6.44. The Labute approximate surface area is 242 Å². The molecule has 8 nitrogen and oxygen atoms in total. The fourth-order valence-electron chi connectivity index (χ4n) is 4.27. The number of aromatic nitrogens is 4. The molecule has 0 unspecified atom stereocenters. The quantitative estimate of drug-likeness (QED) is 0.156. The highest BCUT2D eigenvalue weighted by atomic mass is 35.5. The van der Waals surface area contributed by atoms with Gasteiger partial charge in [0.05, 0.1) is 10.6 Å². The zero-order chi connectivity index (χ0) is 30.8. The molecule has 5 aromatic rings. The lowest BCUT2D eigenvalue weighted by Gasteiger charge is -2.12. The van der Waals surface area contributed by atoms with E-state index in [-0.39, 0.29) is 12.2 Å². The predicted molar refractivity (Wildman–Crippen MR) is 153 cm³/mol. The Morgan fingerprint density at radius 2 is 1.71 bits per heavy atom. The molecule has 0 aliphatic heterocycles. The second-order valence-electron chi connectivity index (χ2n) is 9.29. The molecule has 0 amide bonds. The van der Waals surface area contributed by atoms with Crippen LogP contribution in [0.3, 0.4) is 0 Å². The molecule has 2 heterocycles. The summed E-state index contributed by atoms with van der Waals surface area (Å²) in [6, 6.07) is 18.4. The minimum absolute atomic E-state index is 0.275. The Morgan fingerprint density at radius 3 is 2.36 bits per heavy atom. The highest BCUT2D eigenvalue weighted by Gasteiger charge is 2.38. The average molecular weight is 601 g/mol. The molecule has 0 aliphatic carbocycles. The first-order chi connectivity index (χ1) is 19.8. The number of halogens is 5. The van der Waals surface area contributed by atoms with Crippen LogP contribution < -0.4 is 11.5 Å². The summed E-state index contributed by atoms with van der Waals surface area (Å²) in [7, 11) is 1.75. The third-order valence-electron chi connectivity index (χ3n) is 6.29. The number of hydrogen-bond acceptors (Lipinski definition) is 6. The normalized spacial score (nSPS) is 11.3. The number of aryl methyl sites for hydroxylation is 2. The molecule has 0 spiro atoms. The van der Waals surface area contributed by atoms with Gasteiger partial charge in [0.25, 0.3) is 0 Å². The molecule has 0 saturated heterocycles. The van der Waals surface area contributed by atoms with Gasteiger partial charge in [-0.3, -0.25) is 0 Å². The minimum Gasteiger partial charge on any atom is -0.475 e. The van der Waals surface area contributed by atoms with Crippen LogP contribution in [0.15, 0.2) is 60.7 Å². The van der Waals surface area contributed by atoms with E-state index in [1.807, 2.05) is 55.5 Å². The van der Waals surface area contributed by atoms with Crippen molar-refractivity contribution in [3.05, 3.63) is 88.3 Å². The molecule has 5 N–H and O–H groups in total. The Balaban J connectivity index is 0.000000517. The van der Waals surface area contributed by atoms with E-state index < -0.39 is 12.1 Å². The van der Waals surface area contributed by atoms with Crippen LogP contribution in [0.5, 0.6) is 0 Å². The molecule has 0 fully saturated rings. The van der Waals surface area contributed by atoms with E-state index in [9.17, 15) is 13.2 Å². The van der Waals surface area contributed by atoms with Gasteiger partial charge < -0.3 is 16.6 Å². The molecule has 0 bridgehead atoms. The fraction of sp³-hybridized carbons (Fsp3) is 0.172. The van der Waals surface area contributed by atoms with Crippen molar-refractivity contribution in [2.75, 3.05) is 11.5 Å². The highest BCUT2D eigenvalue weighted by molar-refractivity contribution is 6.33. The molecule has 3 aromatic carbocycles. The van der Waals surface area contributed by atoms with Gasteiger partial charge in [-0.15, -0.1) is 0 Å². The van der Waals surface area contributed by atoms with Gasteiger partial charge in [-0.1, -0.05) is 36.7 Å². The van der Waals surface area contributed by atoms with Gasteiger partial charge in [-0.2, -0.15) is 18.3 Å². The number of anilines is 2. The van der Waals surface area contributed by atoms with E-state index >= 15 is 4.39 Å². The van der Waals surface area contributed by atoms with Crippen molar-refractivity contribution < 1.29 is 27.5 Å². The van der Waals surface area contributed by atoms with Crippen LogP contribution in [0.1, 0.15) is 23.7 Å². The summed E-state index contributed by atoms with van der Waals surface area (Å²) >= 11 is 6.34. The fourth-order valence-corrected chi connectivity index (χ4v) is 4.49. The molecule has 0 saturated carbocycles. The number of nitrogen functional groups attached to an aromatic ring is 2. The van der Waals surface area contributed by atoms with Crippen molar-refractivity contribution in [1.82, 2.24) is 19.7 Å². The van der Waals surface area contributed by atoms with E-state index in [0.29, 0.717) is 50.6 Å². The average Bonchev–Trinajstić information content (AvgIpc) is 3.30. The molecular weight excluding hydrogens is 576 g/mol. The first kappa shape index (κ1) is 30.3. The van der Waals surface area contributed by atoms with Crippen LogP contribution in [0.2, 0.25) is 5.02 Å². The lowest BCUT2D eigenvalue weighted by atomic mass is 9.98. The van der Waals surface area contributed by atoms with Crippen LogP contribution in [-0.4, -0.2) is 37.0 Å². The molecule has 5 rings (SSSR count). The SMILES string of the molecule is CCc1cc(Cc2cc3cc(N)ccc3c(N)n2)c(F)c(-c2nc(-c3ccccc3Cl)nn2C)c1.O=C(O)C(F)(F)F. The summed E-state index contributed by atoms with van der Waals surface area (Å²) in [5.74, 6) is -1.86. The first-order valence-corrected chi connectivity index (χ1v) is 12.9. The lowest BCUT2D eigenvalue weighted by Crippen LogP contribution is -2.21. The number of carboxylic acids is 1. The number of alkyl halides is 3. The largest absolute Gasteiger partial charge is 0.490 e. The smallest absolute Gasteiger partial charge is 0.475 e. The van der Waals surface area contributed by atoms with E-state index in [1.54, 1.807) is 23.9 Å². The van der Waals surface area contributed by atoms with Crippen molar-refractivity contribution in [3.8, 4) is 22.8 Å². The lowest BCUT2D eigenvalue weighted by molar-refractivity contribution is -0.192. The van der Waals surface area contributed by atoms with Crippen molar-refractivity contribution >= 4 is 39.8 Å². The van der Waals surface area contributed by atoms with Gasteiger partial charge in [0.2, 0.25) is 0 Å². The van der Waals surface area contributed by atoms with Gasteiger partial charge in [0, 0.05) is 35.8 Å². The Hall–Kier alpha value is -4.71. The maximum atomic E-state index is 15.9. The number of aliphatic carboxylic acids is 1. The summed E-state index contributed by atoms with van der Waals surface area (Å²) in [5.41, 5.74) is 16.0. The number of nitrogens with two attached hydrogens (primary N) is 2. The number of rotatable bonds is 5. The molecule has 13 heteroatoms. The highest BCUT2D eigenvalue weighted by Crippen LogP contribution is 2.32. The van der Waals surface area contributed by atoms with Crippen molar-refractivity contribution in [2.24, 2.45) is 7.05 Å². The van der Waals surface area contributed by atoms with Crippen LogP contribution in [0.4, 0.5) is 29.1 Å². The van der Waals surface area contributed by atoms with E-state index in [2.05, 4.69) is 15.1 Å². The number of fused-ring (bicyclic) bond motifs is 1. The molecule has 42 heavy (non-hydrogen) atoms. The monoisotopic (exact) mass is 600 g/mol. The van der Waals surface area contributed by atoms with E-state index in [1.165, 1.54) is 0 Å². The number of hydrogen-bond donors (Lipinski definition) is 3. The second kappa shape index (κ2) is 12.0. The number of carboxylic acid groups (broad SMARTS) is 1. The standard InChI is InChI=1S/C27H24ClFN6.C2HF3O2/c1-3-15-10-17(14-19-13-16-12-18(30)8-9-20(16)25(31)32-19)24(29)22(11-15)27-33-26(34-35(27)2)21-6-4-5-7-23(21)28;3-2(4,5)1(6)7/h4-13H,3,14,30H2,1-2H3,(H2,31,32);(H,6,7). The summed E-state index contributed by atoms with van der Waals surface area (Å²) in [4.78, 5) is 18.1. The van der Waals surface area contributed by atoms with Crippen LogP contribution in [0, 0.1) is 5.82 Å². The number of pyridine rings is 1. The van der Waals surface area contributed by atoms with Gasteiger partial charge in [-0.05, 0) is 65.4 Å². The Morgan fingerprint density at radius 1 is 1.02 bits per heavy atom. The molecule has 0 atom stereocenters. The summed E-state index contributed by atoms with van der Waals surface area (Å²) in [6.07, 6.45) is -4.07. The minimum atomic E-state index is -5.08. The third kappa shape index (κ3) is 6.60. The van der Waals surface area contributed by atoms with Crippen molar-refractivity contribution in [2.45, 2.75) is 25.9 Å². The third-order valence-corrected chi connectivity index (χ3v) is 6.62. The van der Waals surface area contributed by atoms with E-state index in [0.717, 1.165) is 22.8 Å². The Bertz CT molecular complexity index is 1790. The summed E-state index contributed by atoms with van der Waals surface area (Å²) in [6.45, 7) is 2.03. The summed E-state index contributed by atoms with van der Waals surface area (Å²) in [5, 5.41) is 13.8. The molecule has 0 aliphatic rings. The maximum Gasteiger partial charge on any atom is 0.490 e. The molecule has 218 valence electrons. The zero-order valence-electron chi connectivity index (χ0n) is 22.4. The van der Waals surface area contributed by atoms with Crippen molar-refractivity contribution in [1.29, 1.82) is 0 Å². The van der Waals surface area contributed by atoms with Crippen molar-refractivity contribution in [3.63, 3.8) is 0 Å². The number of carbonyl (C=O) groups is 1. The number of nitrogens with zero attached hydrogens (tertiary/aromatic N) is 4. The second-order valence-corrected chi connectivity index (χ2v) is 9.70. The zero-order valence-corrected chi connectivity index (χ0v) is 23.1. The summed E-state index contributed by atoms with van der Waals surface area (Å²) < 4.78 is 49.2. The maximum absolute atomic E-state index is 15.9. The van der Waals surface area contributed by atoms with Crippen LogP contribution in [-0.2, 0) is 24.7 Å². The van der Waals surface area contributed by atoms with Gasteiger partial charge >= 0.3 is 12.1 Å². The van der Waals surface area contributed by atoms with Crippen LogP contribution in [0.25, 0.3) is 33.5 Å². The van der Waals surface area contributed by atoms with Gasteiger partial charge in [0.15, 0.2) is 11.6 Å². The van der Waals surface area contributed by atoms with Gasteiger partial charge in [0.1, 0.15) is 11.6 Å². The van der Waals surface area contributed by atoms with Gasteiger partial charge in [-0.25, -0.2) is 23.8 Å².